The van der Waals surface area contributed by atoms with Crippen molar-refractivity contribution in [3.63, 3.8) is 0 Å². The fraction of sp³-hybridized carbons (Fsp3) is 0.154. The fourth-order valence-electron chi connectivity index (χ4n) is 1.71. The number of rotatable bonds is 3. The highest BCUT2D eigenvalue weighted by molar-refractivity contribution is 7.99. The molecule has 20 heavy (non-hydrogen) atoms. The fourth-order valence-corrected chi connectivity index (χ4v) is 2.51. The second-order valence-electron chi connectivity index (χ2n) is 3.96. The quantitative estimate of drug-likeness (QED) is 0.926. The molecule has 1 aliphatic rings. The third kappa shape index (κ3) is 2.67. The Hall–Kier alpha value is -2.28. The van der Waals surface area contributed by atoms with E-state index in [2.05, 4.69) is 9.97 Å². The molecule has 2 heterocycles. The predicted octanol–water partition coefficient (Wildman–Crippen LogP) is 2.10. The molecule has 0 saturated heterocycles. The molecule has 0 radical (unpaired) electrons. The van der Waals surface area contributed by atoms with Gasteiger partial charge in [-0.3, -0.25) is 4.98 Å². The molecule has 102 valence electrons. The van der Waals surface area contributed by atoms with E-state index in [1.165, 1.54) is 24.2 Å². The van der Waals surface area contributed by atoms with Crippen LogP contribution in [0.5, 0.6) is 11.5 Å². The second-order valence-corrected chi connectivity index (χ2v) is 5.05. The minimum Gasteiger partial charge on any atom is -0.486 e. The van der Waals surface area contributed by atoms with Crippen LogP contribution >= 0.6 is 11.8 Å². The molecule has 2 aromatic rings. The molecular weight excluding hydrogens is 280 g/mol. The lowest BCUT2D eigenvalue weighted by Gasteiger charge is -2.18. The van der Waals surface area contributed by atoms with Crippen LogP contribution in [-0.4, -0.2) is 34.3 Å². The number of aromatic nitrogens is 2. The first-order valence-corrected chi connectivity index (χ1v) is 6.67. The Morgan fingerprint density at radius 1 is 1.20 bits per heavy atom. The Labute approximate surface area is 118 Å². The van der Waals surface area contributed by atoms with E-state index < -0.39 is 5.97 Å². The molecule has 0 saturated carbocycles. The highest BCUT2D eigenvalue weighted by Gasteiger charge is 2.13. The number of nitrogens with zero attached hydrogens (tertiary/aromatic N) is 2. The summed E-state index contributed by atoms with van der Waals surface area (Å²) in [4.78, 5) is 19.6. The van der Waals surface area contributed by atoms with Crippen LogP contribution in [0.3, 0.4) is 0 Å². The van der Waals surface area contributed by atoms with E-state index in [0.717, 1.165) is 4.90 Å². The Morgan fingerprint density at radius 3 is 2.80 bits per heavy atom. The van der Waals surface area contributed by atoms with Crippen molar-refractivity contribution in [2.75, 3.05) is 13.2 Å². The van der Waals surface area contributed by atoms with E-state index in [1.807, 2.05) is 18.2 Å². The van der Waals surface area contributed by atoms with E-state index in [1.54, 1.807) is 0 Å². The van der Waals surface area contributed by atoms with E-state index >= 15 is 0 Å². The smallest absolute Gasteiger partial charge is 0.356 e. The summed E-state index contributed by atoms with van der Waals surface area (Å²) < 4.78 is 10.9. The Morgan fingerprint density at radius 2 is 2.00 bits per heavy atom. The van der Waals surface area contributed by atoms with Crippen LogP contribution in [0, 0.1) is 0 Å². The van der Waals surface area contributed by atoms with E-state index in [-0.39, 0.29) is 5.69 Å². The zero-order valence-electron chi connectivity index (χ0n) is 10.3. The monoisotopic (exact) mass is 290 g/mol. The van der Waals surface area contributed by atoms with Crippen LogP contribution in [0.25, 0.3) is 0 Å². The van der Waals surface area contributed by atoms with Gasteiger partial charge in [0, 0.05) is 4.90 Å². The summed E-state index contributed by atoms with van der Waals surface area (Å²) in [5.74, 6) is 0.302. The van der Waals surface area contributed by atoms with Gasteiger partial charge in [0.2, 0.25) is 0 Å². The summed E-state index contributed by atoms with van der Waals surface area (Å²) >= 11 is 1.32. The van der Waals surface area contributed by atoms with Crippen molar-refractivity contribution in [2.45, 2.75) is 9.92 Å². The zero-order valence-corrected chi connectivity index (χ0v) is 11.1. The van der Waals surface area contributed by atoms with Crippen LogP contribution in [0.4, 0.5) is 0 Å². The van der Waals surface area contributed by atoms with Crippen molar-refractivity contribution >= 4 is 17.7 Å². The lowest BCUT2D eigenvalue weighted by molar-refractivity contribution is 0.0689. The van der Waals surface area contributed by atoms with Gasteiger partial charge >= 0.3 is 5.97 Å². The maximum absolute atomic E-state index is 10.8. The molecular formula is C13H10N2O4S. The van der Waals surface area contributed by atoms with Gasteiger partial charge in [0.25, 0.3) is 0 Å². The third-order valence-corrected chi connectivity index (χ3v) is 3.46. The SMILES string of the molecule is O=C(O)c1cncc(Sc2ccc3c(c2)OCCO3)n1. The van der Waals surface area contributed by atoms with Crippen LogP contribution in [-0.2, 0) is 0 Å². The van der Waals surface area contributed by atoms with Gasteiger partial charge in [0.05, 0.1) is 12.4 Å². The molecule has 0 bridgehead atoms. The molecule has 6 nitrogen and oxygen atoms in total. The summed E-state index contributed by atoms with van der Waals surface area (Å²) in [7, 11) is 0. The number of carbonyl (C=O) groups is 1. The average molecular weight is 290 g/mol. The molecule has 0 spiro atoms. The van der Waals surface area contributed by atoms with Crippen molar-refractivity contribution in [3.05, 3.63) is 36.3 Å². The molecule has 1 aromatic heterocycles. The lowest BCUT2D eigenvalue weighted by Crippen LogP contribution is -2.15. The predicted molar refractivity (Wildman–Crippen MR) is 70.5 cm³/mol. The number of ether oxygens (including phenoxy) is 2. The van der Waals surface area contributed by atoms with Crippen LogP contribution in [0.1, 0.15) is 10.5 Å². The van der Waals surface area contributed by atoms with Crippen molar-refractivity contribution in [2.24, 2.45) is 0 Å². The maximum Gasteiger partial charge on any atom is 0.356 e. The molecule has 1 aromatic carbocycles. The summed E-state index contributed by atoms with van der Waals surface area (Å²) in [6.07, 6.45) is 2.74. The van der Waals surface area contributed by atoms with Gasteiger partial charge in [-0.15, -0.1) is 0 Å². The standard InChI is InChI=1S/C13H10N2O4S/c16-13(17)9-6-14-7-12(15-9)20-8-1-2-10-11(5-8)19-4-3-18-10/h1-2,5-7H,3-4H2,(H,16,17). The molecule has 7 heteroatoms. The van der Waals surface area contributed by atoms with E-state index in [4.69, 9.17) is 14.6 Å². The molecule has 1 aliphatic heterocycles. The highest BCUT2D eigenvalue weighted by atomic mass is 32.2. The summed E-state index contributed by atoms with van der Waals surface area (Å²) in [6.45, 7) is 1.07. The van der Waals surface area contributed by atoms with Gasteiger partial charge in [0.15, 0.2) is 17.2 Å². The van der Waals surface area contributed by atoms with Crippen molar-refractivity contribution in [3.8, 4) is 11.5 Å². The number of hydrogen-bond acceptors (Lipinski definition) is 6. The second kappa shape index (κ2) is 5.38. The molecule has 0 atom stereocenters. The van der Waals surface area contributed by atoms with Gasteiger partial charge in [0.1, 0.15) is 18.2 Å². The minimum absolute atomic E-state index is 0.0763. The molecule has 1 N–H and O–H groups in total. The van der Waals surface area contributed by atoms with Gasteiger partial charge in [-0.05, 0) is 18.2 Å². The van der Waals surface area contributed by atoms with Crippen molar-refractivity contribution in [1.82, 2.24) is 9.97 Å². The van der Waals surface area contributed by atoms with Crippen LogP contribution in [0.15, 0.2) is 40.5 Å². The average Bonchev–Trinajstić information content (AvgIpc) is 2.47. The van der Waals surface area contributed by atoms with Crippen molar-refractivity contribution in [1.29, 1.82) is 0 Å². The number of carboxylic acid groups (broad SMARTS) is 1. The topological polar surface area (TPSA) is 81.5 Å². The molecule has 0 unspecified atom stereocenters. The molecule has 3 rings (SSSR count). The van der Waals surface area contributed by atoms with Crippen molar-refractivity contribution < 1.29 is 19.4 Å². The van der Waals surface area contributed by atoms with Crippen LogP contribution < -0.4 is 9.47 Å². The van der Waals surface area contributed by atoms with Gasteiger partial charge in [-0.1, -0.05) is 11.8 Å². The zero-order chi connectivity index (χ0) is 13.9. The Kier molecular flexibility index (Phi) is 3.42. The number of hydrogen-bond donors (Lipinski definition) is 1. The van der Waals surface area contributed by atoms with Gasteiger partial charge < -0.3 is 14.6 Å². The van der Waals surface area contributed by atoms with Gasteiger partial charge in [-0.25, -0.2) is 9.78 Å². The highest BCUT2D eigenvalue weighted by Crippen LogP contribution is 2.36. The first kappa shape index (κ1) is 12.7. The molecule has 0 aliphatic carbocycles. The largest absolute Gasteiger partial charge is 0.486 e. The number of aromatic carboxylic acids is 1. The van der Waals surface area contributed by atoms with E-state index in [0.29, 0.717) is 29.7 Å². The number of fused-ring (bicyclic) bond motifs is 1. The normalized spacial score (nSPS) is 13.0. The van der Waals surface area contributed by atoms with E-state index in [9.17, 15) is 4.79 Å². The first-order valence-electron chi connectivity index (χ1n) is 5.85. The third-order valence-electron chi connectivity index (χ3n) is 2.57. The summed E-state index contributed by atoms with van der Waals surface area (Å²) in [5.41, 5.74) is -0.0763. The van der Waals surface area contributed by atoms with Gasteiger partial charge in [-0.2, -0.15) is 0 Å². The van der Waals surface area contributed by atoms with Crippen LogP contribution in [0.2, 0.25) is 0 Å². The molecule has 0 amide bonds. The number of benzene rings is 1. The minimum atomic E-state index is -1.10. The maximum atomic E-state index is 10.8. The Balaban J connectivity index is 1.84. The Bertz CT molecular complexity index is 663. The summed E-state index contributed by atoms with van der Waals surface area (Å²) in [5, 5.41) is 9.40. The first-order chi connectivity index (χ1) is 9.72. The lowest BCUT2D eigenvalue weighted by atomic mass is 10.3. The summed E-state index contributed by atoms with van der Waals surface area (Å²) in [6, 6.07) is 5.53. The number of carboxylic acids is 1. The molecule has 0 fully saturated rings.